The molecule has 140 valence electrons. The number of anilines is 1. The summed E-state index contributed by atoms with van der Waals surface area (Å²) in [5, 5.41) is 14.3. The number of carbonyl (C=O) groups excluding carboxylic acids is 1. The molecular formula is C20H11Cl3N2O3. The lowest BCUT2D eigenvalue weighted by Crippen LogP contribution is -2.12. The lowest BCUT2D eigenvalue weighted by atomic mass is 10.1. The van der Waals surface area contributed by atoms with E-state index in [-0.39, 0.29) is 22.2 Å². The monoisotopic (exact) mass is 432 g/mol. The molecule has 0 fully saturated rings. The van der Waals surface area contributed by atoms with Gasteiger partial charge in [-0.25, -0.2) is 4.98 Å². The van der Waals surface area contributed by atoms with Crippen molar-refractivity contribution in [1.29, 1.82) is 0 Å². The molecule has 5 nitrogen and oxygen atoms in total. The second-order valence-electron chi connectivity index (χ2n) is 5.94. The van der Waals surface area contributed by atoms with E-state index in [2.05, 4.69) is 10.3 Å². The van der Waals surface area contributed by atoms with Crippen LogP contribution in [0.3, 0.4) is 0 Å². The van der Waals surface area contributed by atoms with Crippen molar-refractivity contribution in [3.05, 3.63) is 75.2 Å². The van der Waals surface area contributed by atoms with Crippen LogP contribution in [0.1, 0.15) is 10.4 Å². The Labute approximate surface area is 174 Å². The van der Waals surface area contributed by atoms with Crippen LogP contribution >= 0.6 is 34.8 Å². The summed E-state index contributed by atoms with van der Waals surface area (Å²) in [7, 11) is 0. The number of aromatic hydroxyl groups is 1. The number of phenolic OH excluding ortho intramolecular Hbond substituents is 1. The Bertz CT molecular complexity index is 1220. The van der Waals surface area contributed by atoms with Crippen LogP contribution in [-0.4, -0.2) is 16.0 Å². The van der Waals surface area contributed by atoms with E-state index in [9.17, 15) is 9.90 Å². The highest BCUT2D eigenvalue weighted by molar-refractivity contribution is 6.36. The van der Waals surface area contributed by atoms with Gasteiger partial charge in [0.15, 0.2) is 5.58 Å². The number of phenols is 1. The van der Waals surface area contributed by atoms with Crippen molar-refractivity contribution in [3.63, 3.8) is 0 Å². The van der Waals surface area contributed by atoms with Crippen molar-refractivity contribution in [1.82, 2.24) is 4.98 Å². The molecule has 0 radical (unpaired) electrons. The molecule has 2 N–H and O–H groups in total. The van der Waals surface area contributed by atoms with Crippen LogP contribution in [0.15, 0.2) is 59.0 Å². The van der Waals surface area contributed by atoms with Gasteiger partial charge in [0.25, 0.3) is 5.91 Å². The summed E-state index contributed by atoms with van der Waals surface area (Å²) in [6.45, 7) is 0. The number of hydrogen-bond donors (Lipinski definition) is 2. The molecule has 0 aliphatic heterocycles. The Balaban J connectivity index is 1.62. The molecule has 28 heavy (non-hydrogen) atoms. The van der Waals surface area contributed by atoms with Gasteiger partial charge in [0.05, 0.1) is 16.1 Å². The van der Waals surface area contributed by atoms with Crippen molar-refractivity contribution in [2.24, 2.45) is 0 Å². The summed E-state index contributed by atoms with van der Waals surface area (Å²) < 4.78 is 5.66. The van der Waals surface area contributed by atoms with E-state index in [1.54, 1.807) is 42.5 Å². The van der Waals surface area contributed by atoms with Crippen molar-refractivity contribution < 1.29 is 14.3 Å². The number of oxazole rings is 1. The fourth-order valence-corrected chi connectivity index (χ4v) is 3.22. The predicted octanol–water partition coefficient (Wildman–Crippen LogP) is 6.41. The molecule has 0 bridgehead atoms. The van der Waals surface area contributed by atoms with Gasteiger partial charge in [0.1, 0.15) is 11.3 Å². The van der Waals surface area contributed by atoms with Crippen molar-refractivity contribution >= 4 is 57.5 Å². The van der Waals surface area contributed by atoms with Crippen molar-refractivity contribution in [2.45, 2.75) is 0 Å². The summed E-state index contributed by atoms with van der Waals surface area (Å²) in [5.74, 6) is -0.311. The van der Waals surface area contributed by atoms with E-state index in [0.717, 1.165) is 0 Å². The zero-order valence-electron chi connectivity index (χ0n) is 14.0. The molecule has 0 aliphatic carbocycles. The standard InChI is InChI=1S/C20H11Cl3N2O3/c21-10-1-5-15(23)14(7-10)19(27)24-12-3-4-13(17(26)9-12)20-25-16-8-11(22)2-6-18(16)28-20/h1-9,26H,(H,24,27). The van der Waals surface area contributed by atoms with Crippen LogP contribution in [-0.2, 0) is 0 Å². The Hall–Kier alpha value is -2.73. The number of carbonyl (C=O) groups is 1. The Morgan fingerprint density at radius 1 is 0.964 bits per heavy atom. The Morgan fingerprint density at radius 2 is 1.71 bits per heavy atom. The first-order valence-electron chi connectivity index (χ1n) is 8.06. The molecule has 0 saturated carbocycles. The maximum atomic E-state index is 12.4. The fraction of sp³-hybridized carbons (Fsp3) is 0. The van der Waals surface area contributed by atoms with Gasteiger partial charge in [0.2, 0.25) is 5.89 Å². The fourth-order valence-electron chi connectivity index (χ4n) is 2.68. The smallest absolute Gasteiger partial charge is 0.257 e. The Kier molecular flexibility index (Phi) is 4.89. The van der Waals surface area contributed by atoms with Crippen molar-refractivity contribution in [3.8, 4) is 17.2 Å². The maximum absolute atomic E-state index is 12.4. The molecule has 1 amide bonds. The van der Waals surface area contributed by atoms with E-state index in [4.69, 9.17) is 39.2 Å². The van der Waals surface area contributed by atoms with Crippen LogP contribution in [0.4, 0.5) is 5.69 Å². The maximum Gasteiger partial charge on any atom is 0.257 e. The van der Waals surface area contributed by atoms with Crippen LogP contribution in [0.2, 0.25) is 15.1 Å². The summed E-state index contributed by atoms with van der Waals surface area (Å²) in [6.07, 6.45) is 0. The van der Waals surface area contributed by atoms with Crippen molar-refractivity contribution in [2.75, 3.05) is 5.32 Å². The third-order valence-electron chi connectivity index (χ3n) is 4.01. The van der Waals surface area contributed by atoms with Gasteiger partial charge < -0.3 is 14.8 Å². The van der Waals surface area contributed by atoms with E-state index < -0.39 is 5.91 Å². The van der Waals surface area contributed by atoms with Gasteiger partial charge in [0, 0.05) is 21.8 Å². The van der Waals surface area contributed by atoms with E-state index in [1.165, 1.54) is 12.1 Å². The highest BCUT2D eigenvalue weighted by Gasteiger charge is 2.15. The van der Waals surface area contributed by atoms with E-state index in [1.807, 2.05) is 0 Å². The molecule has 0 aliphatic rings. The number of nitrogens with zero attached hydrogens (tertiary/aromatic N) is 1. The highest BCUT2D eigenvalue weighted by Crippen LogP contribution is 2.34. The van der Waals surface area contributed by atoms with Crippen LogP contribution in [0, 0.1) is 0 Å². The SMILES string of the molecule is O=C(Nc1ccc(-c2nc3cc(Cl)ccc3o2)c(O)c1)c1cc(Cl)ccc1Cl. The minimum atomic E-state index is -0.448. The molecule has 0 saturated heterocycles. The average molecular weight is 434 g/mol. The second kappa shape index (κ2) is 7.36. The Morgan fingerprint density at radius 3 is 2.50 bits per heavy atom. The molecule has 4 aromatic rings. The largest absolute Gasteiger partial charge is 0.507 e. The van der Waals surface area contributed by atoms with Gasteiger partial charge in [-0.1, -0.05) is 34.8 Å². The summed E-state index contributed by atoms with van der Waals surface area (Å²) in [5.41, 5.74) is 2.11. The number of fused-ring (bicyclic) bond motifs is 1. The third kappa shape index (κ3) is 3.64. The van der Waals surface area contributed by atoms with Crippen LogP contribution in [0.25, 0.3) is 22.6 Å². The minimum absolute atomic E-state index is 0.104. The second-order valence-corrected chi connectivity index (χ2v) is 7.22. The topological polar surface area (TPSA) is 75.4 Å². The quantitative estimate of drug-likeness (QED) is 0.391. The number of hydrogen-bond acceptors (Lipinski definition) is 4. The van der Waals surface area contributed by atoms with E-state index in [0.29, 0.717) is 32.4 Å². The molecule has 3 aromatic carbocycles. The number of nitrogens with one attached hydrogen (secondary N) is 1. The zero-order valence-corrected chi connectivity index (χ0v) is 16.3. The zero-order chi connectivity index (χ0) is 19.8. The molecule has 0 spiro atoms. The number of rotatable bonds is 3. The van der Waals surface area contributed by atoms with Gasteiger partial charge in [-0.05, 0) is 48.5 Å². The van der Waals surface area contributed by atoms with Gasteiger partial charge >= 0.3 is 0 Å². The lowest BCUT2D eigenvalue weighted by Gasteiger charge is -2.09. The number of aromatic nitrogens is 1. The van der Waals surface area contributed by atoms with Gasteiger partial charge in [-0.3, -0.25) is 4.79 Å². The molecule has 1 heterocycles. The summed E-state index contributed by atoms with van der Waals surface area (Å²) in [6, 6.07) is 14.3. The summed E-state index contributed by atoms with van der Waals surface area (Å²) >= 11 is 17.9. The first-order valence-corrected chi connectivity index (χ1v) is 9.20. The first-order chi connectivity index (χ1) is 13.4. The number of amides is 1. The normalized spacial score (nSPS) is 11.0. The molecule has 1 aromatic heterocycles. The molecule has 4 rings (SSSR count). The van der Waals surface area contributed by atoms with Gasteiger partial charge in [-0.15, -0.1) is 0 Å². The number of benzene rings is 3. The van der Waals surface area contributed by atoms with Crippen LogP contribution < -0.4 is 5.32 Å². The highest BCUT2D eigenvalue weighted by atomic mass is 35.5. The average Bonchev–Trinajstić information content (AvgIpc) is 3.06. The third-order valence-corrected chi connectivity index (χ3v) is 4.81. The van der Waals surface area contributed by atoms with Gasteiger partial charge in [-0.2, -0.15) is 0 Å². The van der Waals surface area contributed by atoms with E-state index >= 15 is 0 Å². The predicted molar refractivity (Wildman–Crippen MR) is 111 cm³/mol. The summed E-state index contributed by atoms with van der Waals surface area (Å²) in [4.78, 5) is 16.8. The molecular weight excluding hydrogens is 423 g/mol. The molecule has 8 heteroatoms. The molecule has 0 atom stereocenters. The minimum Gasteiger partial charge on any atom is -0.507 e. The lowest BCUT2D eigenvalue weighted by molar-refractivity contribution is 0.102. The first kappa shape index (κ1) is 18.6. The molecule has 0 unspecified atom stereocenters. The van der Waals surface area contributed by atoms with Crippen LogP contribution in [0.5, 0.6) is 5.75 Å². The number of halogens is 3.